The zero-order chi connectivity index (χ0) is 16.3. The number of hydrogen-bond donors (Lipinski definition) is 2. The predicted molar refractivity (Wildman–Crippen MR) is 78.8 cm³/mol. The van der Waals surface area contributed by atoms with E-state index in [0.29, 0.717) is 0 Å². The minimum Gasteiger partial charge on any atom is -0.481 e. The number of benzene rings is 1. The molecule has 0 aliphatic rings. The van der Waals surface area contributed by atoms with E-state index in [2.05, 4.69) is 4.72 Å². The molecule has 0 fully saturated rings. The highest BCUT2D eigenvalue weighted by atomic mass is 35.5. The second-order valence-electron chi connectivity index (χ2n) is 4.33. The van der Waals surface area contributed by atoms with Crippen LogP contribution in [0, 0.1) is 0 Å². The third-order valence-corrected chi connectivity index (χ3v) is 5.23. The predicted octanol–water partition coefficient (Wildman–Crippen LogP) is 1.35. The van der Waals surface area contributed by atoms with Crippen LogP contribution in [0.5, 0.6) is 0 Å². The van der Waals surface area contributed by atoms with Crippen LogP contribution in [0.1, 0.15) is 12.8 Å². The summed E-state index contributed by atoms with van der Waals surface area (Å²) in [7, 11) is -7.30. The molecule has 10 heteroatoms. The Morgan fingerprint density at radius 1 is 1.29 bits per heavy atom. The fraction of sp³-hybridized carbons (Fsp3) is 0.364. The number of sulfonamides is 1. The first kappa shape index (κ1) is 17.7. The standard InChI is InChI=1S/C11H14ClNO6S2/c1-20(16,17)8-4-5-9(12)10(7-8)13-21(18,19)6-2-3-11(14)15/h4-5,7,13H,2-3,6H2,1H3,(H,14,15). The van der Waals surface area contributed by atoms with Crippen molar-refractivity contribution in [1.29, 1.82) is 0 Å². The van der Waals surface area contributed by atoms with Crippen molar-refractivity contribution in [2.45, 2.75) is 17.7 Å². The van der Waals surface area contributed by atoms with Crippen molar-refractivity contribution in [3.8, 4) is 0 Å². The number of halogens is 1. The summed E-state index contributed by atoms with van der Waals surface area (Å²) < 4.78 is 48.6. The lowest BCUT2D eigenvalue weighted by Gasteiger charge is -2.10. The molecule has 21 heavy (non-hydrogen) atoms. The molecule has 118 valence electrons. The Morgan fingerprint density at radius 2 is 1.90 bits per heavy atom. The van der Waals surface area contributed by atoms with Gasteiger partial charge in [0.05, 0.1) is 21.4 Å². The molecule has 0 bridgehead atoms. The molecular weight excluding hydrogens is 342 g/mol. The summed E-state index contributed by atoms with van der Waals surface area (Å²) in [5.41, 5.74) is -0.0603. The normalized spacial score (nSPS) is 12.1. The molecule has 1 rings (SSSR count). The van der Waals surface area contributed by atoms with Crippen molar-refractivity contribution in [2.75, 3.05) is 16.7 Å². The molecule has 0 aliphatic heterocycles. The summed E-state index contributed by atoms with van der Waals surface area (Å²) in [6, 6.07) is 3.65. The molecular formula is C11H14ClNO6S2. The van der Waals surface area contributed by atoms with Crippen LogP contribution in [0.2, 0.25) is 5.02 Å². The van der Waals surface area contributed by atoms with Crippen LogP contribution in [0.25, 0.3) is 0 Å². The van der Waals surface area contributed by atoms with Crippen LogP contribution in [-0.4, -0.2) is 39.9 Å². The lowest BCUT2D eigenvalue weighted by Crippen LogP contribution is -2.18. The monoisotopic (exact) mass is 355 g/mol. The van der Waals surface area contributed by atoms with Crippen molar-refractivity contribution < 1.29 is 26.7 Å². The molecule has 1 aromatic carbocycles. The van der Waals surface area contributed by atoms with Crippen LogP contribution in [0.3, 0.4) is 0 Å². The van der Waals surface area contributed by atoms with Crippen molar-refractivity contribution in [3.63, 3.8) is 0 Å². The van der Waals surface area contributed by atoms with Gasteiger partial charge < -0.3 is 5.11 Å². The molecule has 2 N–H and O–H groups in total. The van der Waals surface area contributed by atoms with Gasteiger partial charge in [0.2, 0.25) is 10.0 Å². The van der Waals surface area contributed by atoms with Gasteiger partial charge in [-0.25, -0.2) is 16.8 Å². The number of nitrogens with one attached hydrogen (secondary N) is 1. The highest BCUT2D eigenvalue weighted by Gasteiger charge is 2.16. The van der Waals surface area contributed by atoms with Crippen LogP contribution < -0.4 is 4.72 Å². The highest BCUT2D eigenvalue weighted by molar-refractivity contribution is 7.92. The van der Waals surface area contributed by atoms with Gasteiger partial charge >= 0.3 is 5.97 Å². The van der Waals surface area contributed by atoms with Crippen molar-refractivity contribution >= 4 is 43.1 Å². The van der Waals surface area contributed by atoms with E-state index in [1.54, 1.807) is 0 Å². The Labute approximate surface area is 127 Å². The average Bonchev–Trinajstić information content (AvgIpc) is 2.29. The topological polar surface area (TPSA) is 118 Å². The van der Waals surface area contributed by atoms with E-state index in [-0.39, 0.29) is 28.4 Å². The quantitative estimate of drug-likeness (QED) is 0.762. The minimum atomic E-state index is -3.81. The number of carbonyl (C=O) groups is 1. The van der Waals surface area contributed by atoms with Gasteiger partial charge in [0.15, 0.2) is 9.84 Å². The Morgan fingerprint density at radius 3 is 2.43 bits per heavy atom. The summed E-state index contributed by atoms with van der Waals surface area (Å²) in [6.07, 6.45) is 0.646. The Kier molecular flexibility index (Phi) is 5.60. The Hall–Kier alpha value is -1.32. The van der Waals surface area contributed by atoms with Crippen LogP contribution in [0.15, 0.2) is 23.1 Å². The molecule has 0 atom stereocenters. The van der Waals surface area contributed by atoms with Crippen molar-refractivity contribution in [3.05, 3.63) is 23.2 Å². The van der Waals surface area contributed by atoms with E-state index in [4.69, 9.17) is 16.7 Å². The number of hydrogen-bond acceptors (Lipinski definition) is 5. The van der Waals surface area contributed by atoms with Crippen LogP contribution in [0.4, 0.5) is 5.69 Å². The molecule has 7 nitrogen and oxygen atoms in total. The molecule has 0 spiro atoms. The first-order valence-electron chi connectivity index (χ1n) is 5.73. The third-order valence-electron chi connectivity index (χ3n) is 2.44. The number of sulfone groups is 1. The fourth-order valence-corrected chi connectivity index (χ4v) is 3.44. The van der Waals surface area contributed by atoms with Crippen molar-refractivity contribution in [1.82, 2.24) is 0 Å². The van der Waals surface area contributed by atoms with Gasteiger partial charge in [0, 0.05) is 12.7 Å². The van der Waals surface area contributed by atoms with E-state index in [1.807, 2.05) is 0 Å². The van der Waals surface area contributed by atoms with E-state index in [9.17, 15) is 21.6 Å². The van der Waals surface area contributed by atoms with Gasteiger partial charge in [0.25, 0.3) is 0 Å². The van der Waals surface area contributed by atoms with E-state index in [0.717, 1.165) is 12.3 Å². The SMILES string of the molecule is CS(=O)(=O)c1ccc(Cl)c(NS(=O)(=O)CCCC(=O)O)c1. The molecule has 0 heterocycles. The fourth-order valence-electron chi connectivity index (χ4n) is 1.45. The third kappa shape index (κ3) is 5.90. The van der Waals surface area contributed by atoms with E-state index in [1.165, 1.54) is 12.1 Å². The zero-order valence-corrected chi connectivity index (χ0v) is 13.4. The van der Waals surface area contributed by atoms with E-state index < -0.39 is 31.6 Å². The average molecular weight is 356 g/mol. The summed E-state index contributed by atoms with van der Waals surface area (Å²) in [5, 5.41) is 8.51. The maximum Gasteiger partial charge on any atom is 0.303 e. The highest BCUT2D eigenvalue weighted by Crippen LogP contribution is 2.26. The molecule has 1 aromatic rings. The summed E-state index contributed by atoms with van der Waals surface area (Å²) in [4.78, 5) is 10.3. The number of carboxylic acid groups (broad SMARTS) is 1. The van der Waals surface area contributed by atoms with Gasteiger partial charge in [0.1, 0.15) is 0 Å². The Bertz CT molecular complexity index is 742. The molecule has 0 saturated heterocycles. The van der Waals surface area contributed by atoms with Crippen LogP contribution in [-0.2, 0) is 24.7 Å². The summed E-state index contributed by atoms with van der Waals surface area (Å²) in [5.74, 6) is -1.50. The minimum absolute atomic E-state index is 0.0456. The maximum atomic E-state index is 11.8. The molecule has 0 aromatic heterocycles. The first-order valence-corrected chi connectivity index (χ1v) is 9.65. The zero-order valence-electron chi connectivity index (χ0n) is 11.0. The second kappa shape index (κ2) is 6.63. The lowest BCUT2D eigenvalue weighted by atomic mass is 10.3. The number of aliphatic carboxylic acids is 1. The number of carboxylic acids is 1. The smallest absolute Gasteiger partial charge is 0.303 e. The van der Waals surface area contributed by atoms with Gasteiger partial charge in [-0.2, -0.15) is 0 Å². The van der Waals surface area contributed by atoms with Gasteiger partial charge in [-0.05, 0) is 24.6 Å². The first-order chi connectivity index (χ1) is 9.51. The van der Waals surface area contributed by atoms with Crippen molar-refractivity contribution in [2.24, 2.45) is 0 Å². The molecule has 0 amide bonds. The van der Waals surface area contributed by atoms with Gasteiger partial charge in [-0.1, -0.05) is 11.6 Å². The van der Waals surface area contributed by atoms with Gasteiger partial charge in [-0.3, -0.25) is 9.52 Å². The molecule has 0 radical (unpaired) electrons. The molecule has 0 saturated carbocycles. The van der Waals surface area contributed by atoms with E-state index >= 15 is 0 Å². The largest absolute Gasteiger partial charge is 0.481 e. The lowest BCUT2D eigenvalue weighted by molar-refractivity contribution is -0.137. The summed E-state index contributed by atoms with van der Waals surface area (Å²) >= 11 is 5.82. The summed E-state index contributed by atoms with van der Waals surface area (Å²) in [6.45, 7) is 0. The maximum absolute atomic E-state index is 11.8. The Balaban J connectivity index is 2.94. The number of anilines is 1. The molecule has 0 aliphatic carbocycles. The number of rotatable bonds is 7. The second-order valence-corrected chi connectivity index (χ2v) is 8.60. The van der Waals surface area contributed by atoms with Gasteiger partial charge in [-0.15, -0.1) is 0 Å². The van der Waals surface area contributed by atoms with Crippen LogP contribution >= 0.6 is 11.6 Å². The molecule has 0 unspecified atom stereocenters.